The van der Waals surface area contributed by atoms with Crippen molar-refractivity contribution >= 4 is 17.2 Å². The molecule has 2 N–H and O–H groups in total. The van der Waals surface area contributed by atoms with Crippen molar-refractivity contribution < 1.29 is 9.47 Å². The number of aryl methyl sites for hydroxylation is 2. The van der Waals surface area contributed by atoms with Crippen LogP contribution in [0.2, 0.25) is 0 Å². The Morgan fingerprint density at radius 2 is 1.90 bits per heavy atom. The quantitative estimate of drug-likeness (QED) is 0.876. The third kappa shape index (κ3) is 3.05. The zero-order valence-electron chi connectivity index (χ0n) is 11.6. The minimum Gasteiger partial charge on any atom is -0.497 e. The lowest BCUT2D eigenvalue weighted by atomic mass is 10.1. The van der Waals surface area contributed by atoms with Crippen LogP contribution in [-0.4, -0.2) is 17.1 Å². The van der Waals surface area contributed by atoms with E-state index in [1.807, 2.05) is 38.1 Å². The molecular formula is C15H16N2O2S. The average Bonchev–Trinajstić information content (AvgIpc) is 2.37. The van der Waals surface area contributed by atoms with E-state index in [2.05, 4.69) is 4.98 Å². The molecular weight excluding hydrogens is 272 g/mol. The molecule has 0 aliphatic heterocycles. The fourth-order valence-corrected chi connectivity index (χ4v) is 2.21. The molecule has 0 fully saturated rings. The van der Waals surface area contributed by atoms with Gasteiger partial charge in [-0.3, -0.25) is 4.98 Å². The normalized spacial score (nSPS) is 10.2. The number of nitrogens with zero attached hydrogens (tertiary/aromatic N) is 1. The van der Waals surface area contributed by atoms with Gasteiger partial charge in [-0.15, -0.1) is 0 Å². The molecule has 0 spiro atoms. The van der Waals surface area contributed by atoms with Crippen molar-refractivity contribution in [1.82, 2.24) is 4.98 Å². The van der Waals surface area contributed by atoms with Crippen LogP contribution in [0.3, 0.4) is 0 Å². The molecule has 2 rings (SSSR count). The van der Waals surface area contributed by atoms with Crippen molar-refractivity contribution in [2.75, 3.05) is 7.11 Å². The second-order valence-electron chi connectivity index (χ2n) is 4.37. The van der Waals surface area contributed by atoms with E-state index in [1.54, 1.807) is 13.2 Å². The first kappa shape index (κ1) is 14.3. The molecule has 0 aliphatic rings. The van der Waals surface area contributed by atoms with Crippen LogP contribution < -0.4 is 15.2 Å². The highest BCUT2D eigenvalue weighted by molar-refractivity contribution is 7.80. The minimum atomic E-state index is 0.271. The van der Waals surface area contributed by atoms with Crippen LogP contribution >= 0.6 is 12.2 Å². The Kier molecular flexibility index (Phi) is 4.20. The summed E-state index contributed by atoms with van der Waals surface area (Å²) in [4.78, 5) is 4.63. The van der Waals surface area contributed by atoms with E-state index in [1.165, 1.54) is 0 Å². The number of methoxy groups -OCH3 is 1. The highest BCUT2D eigenvalue weighted by atomic mass is 32.1. The molecule has 104 valence electrons. The lowest BCUT2D eigenvalue weighted by molar-refractivity contribution is 0.409. The summed E-state index contributed by atoms with van der Waals surface area (Å²) in [5.74, 6) is 1.99. The van der Waals surface area contributed by atoms with Crippen molar-refractivity contribution in [2.24, 2.45) is 5.73 Å². The van der Waals surface area contributed by atoms with E-state index in [0.29, 0.717) is 17.1 Å². The first-order valence-electron chi connectivity index (χ1n) is 6.11. The van der Waals surface area contributed by atoms with Gasteiger partial charge in [0.15, 0.2) is 0 Å². The van der Waals surface area contributed by atoms with Gasteiger partial charge in [-0.1, -0.05) is 18.3 Å². The summed E-state index contributed by atoms with van der Waals surface area (Å²) in [7, 11) is 1.61. The largest absolute Gasteiger partial charge is 0.497 e. The van der Waals surface area contributed by atoms with Crippen molar-refractivity contribution in [1.29, 1.82) is 0 Å². The minimum absolute atomic E-state index is 0.271. The van der Waals surface area contributed by atoms with E-state index in [4.69, 9.17) is 27.4 Å². The Hall–Kier alpha value is -2.14. The Bertz CT molecular complexity index is 656. The summed E-state index contributed by atoms with van der Waals surface area (Å²) in [6.07, 6.45) is 0. The second kappa shape index (κ2) is 5.88. The van der Waals surface area contributed by atoms with Crippen molar-refractivity contribution in [3.05, 3.63) is 47.3 Å². The molecule has 2 aromatic rings. The zero-order chi connectivity index (χ0) is 14.7. The predicted octanol–water partition coefficient (Wildman–Crippen LogP) is 3.13. The van der Waals surface area contributed by atoms with Gasteiger partial charge in [-0.2, -0.15) is 0 Å². The van der Waals surface area contributed by atoms with Gasteiger partial charge in [-0.05, 0) is 26.0 Å². The number of nitrogens with two attached hydrogens (primary N) is 1. The highest BCUT2D eigenvalue weighted by Crippen LogP contribution is 2.29. The molecule has 0 unspecified atom stereocenters. The number of ether oxygens (including phenoxy) is 2. The van der Waals surface area contributed by atoms with Crippen LogP contribution in [0.25, 0.3) is 0 Å². The first-order valence-corrected chi connectivity index (χ1v) is 6.52. The first-order chi connectivity index (χ1) is 9.51. The molecule has 1 aromatic carbocycles. The number of benzene rings is 1. The van der Waals surface area contributed by atoms with Gasteiger partial charge in [0.1, 0.15) is 22.2 Å². The van der Waals surface area contributed by atoms with Crippen LogP contribution in [0.5, 0.6) is 17.2 Å². The van der Waals surface area contributed by atoms with Gasteiger partial charge in [-0.25, -0.2) is 0 Å². The third-order valence-corrected chi connectivity index (χ3v) is 3.01. The predicted molar refractivity (Wildman–Crippen MR) is 82.7 cm³/mol. The van der Waals surface area contributed by atoms with E-state index in [-0.39, 0.29) is 4.99 Å². The number of hydrogen-bond acceptors (Lipinski definition) is 4. The molecule has 1 aromatic heterocycles. The summed E-state index contributed by atoms with van der Waals surface area (Å²) >= 11 is 5.08. The number of hydrogen-bond donors (Lipinski definition) is 1. The number of thiocarbonyl (C=S) groups is 1. The maximum atomic E-state index is 5.89. The number of rotatable bonds is 4. The molecule has 0 aliphatic carbocycles. The summed E-state index contributed by atoms with van der Waals surface area (Å²) in [5, 5.41) is 0. The van der Waals surface area contributed by atoms with E-state index in [9.17, 15) is 0 Å². The average molecular weight is 288 g/mol. The molecule has 0 radical (unpaired) electrons. The number of aromatic nitrogens is 1. The molecule has 0 bridgehead atoms. The maximum Gasteiger partial charge on any atom is 0.141 e. The summed E-state index contributed by atoms with van der Waals surface area (Å²) in [6, 6.07) is 9.17. The summed E-state index contributed by atoms with van der Waals surface area (Å²) in [6.45, 7) is 3.76. The van der Waals surface area contributed by atoms with Gasteiger partial charge >= 0.3 is 0 Å². The van der Waals surface area contributed by atoms with Crippen LogP contribution in [0.4, 0.5) is 0 Å². The maximum absolute atomic E-state index is 5.89. The third-order valence-electron chi connectivity index (χ3n) is 2.81. The molecule has 0 saturated heterocycles. The van der Waals surface area contributed by atoms with E-state index < -0.39 is 0 Å². The second-order valence-corrected chi connectivity index (χ2v) is 4.81. The molecule has 0 saturated carbocycles. The van der Waals surface area contributed by atoms with Crippen molar-refractivity contribution in [2.45, 2.75) is 13.8 Å². The van der Waals surface area contributed by atoms with E-state index in [0.717, 1.165) is 17.1 Å². The van der Waals surface area contributed by atoms with Crippen molar-refractivity contribution in [3.8, 4) is 17.2 Å². The zero-order valence-corrected chi connectivity index (χ0v) is 12.5. The summed E-state index contributed by atoms with van der Waals surface area (Å²) < 4.78 is 11.1. The Balaban J connectivity index is 2.44. The molecule has 4 nitrogen and oxygen atoms in total. The smallest absolute Gasteiger partial charge is 0.141 e. The number of pyridine rings is 1. The highest BCUT2D eigenvalue weighted by Gasteiger charge is 2.13. The van der Waals surface area contributed by atoms with Crippen LogP contribution in [0.15, 0.2) is 30.3 Å². The molecule has 5 heteroatoms. The lowest BCUT2D eigenvalue weighted by Crippen LogP contribution is -2.14. The topological polar surface area (TPSA) is 57.4 Å². The monoisotopic (exact) mass is 288 g/mol. The van der Waals surface area contributed by atoms with Gasteiger partial charge in [0.05, 0.1) is 18.4 Å². The van der Waals surface area contributed by atoms with Gasteiger partial charge in [0.2, 0.25) is 0 Å². The Morgan fingerprint density at radius 3 is 2.55 bits per heavy atom. The van der Waals surface area contributed by atoms with Gasteiger partial charge in [0, 0.05) is 17.8 Å². The van der Waals surface area contributed by atoms with Crippen LogP contribution in [0, 0.1) is 13.8 Å². The Morgan fingerprint density at radius 1 is 1.20 bits per heavy atom. The molecule has 0 atom stereocenters. The van der Waals surface area contributed by atoms with Gasteiger partial charge < -0.3 is 15.2 Å². The molecule has 20 heavy (non-hydrogen) atoms. The Labute approximate surface area is 123 Å². The lowest BCUT2D eigenvalue weighted by Gasteiger charge is -2.13. The standard InChI is InChI=1S/C15H16N2O2S/c1-9-7-13(14(15(16)20)10(2)17-9)19-12-6-4-5-11(8-12)18-3/h4-8H,1-3H3,(H2,16,20). The molecule has 0 amide bonds. The summed E-state index contributed by atoms with van der Waals surface area (Å²) in [5.41, 5.74) is 8.03. The fourth-order valence-electron chi connectivity index (χ4n) is 1.96. The van der Waals surface area contributed by atoms with Crippen molar-refractivity contribution in [3.63, 3.8) is 0 Å². The van der Waals surface area contributed by atoms with Gasteiger partial charge in [0.25, 0.3) is 0 Å². The van der Waals surface area contributed by atoms with Crippen LogP contribution in [-0.2, 0) is 0 Å². The van der Waals surface area contributed by atoms with Crippen LogP contribution in [0.1, 0.15) is 17.0 Å². The van der Waals surface area contributed by atoms with E-state index >= 15 is 0 Å². The molecule has 1 heterocycles. The fraction of sp³-hybridized carbons (Fsp3) is 0.200. The SMILES string of the molecule is COc1cccc(Oc2cc(C)nc(C)c2C(N)=S)c1.